The van der Waals surface area contributed by atoms with Crippen molar-refractivity contribution in [3.8, 4) is 35.3 Å². The van der Waals surface area contributed by atoms with E-state index in [1.54, 1.807) is 18.2 Å². The number of ether oxygens (including phenoxy) is 3. The molecule has 6 nitrogen and oxygen atoms in total. The number of benzene rings is 2. The number of rotatable bonds is 6. The van der Waals surface area contributed by atoms with E-state index in [0.717, 1.165) is 5.56 Å². The molecule has 3 aromatic rings. The summed E-state index contributed by atoms with van der Waals surface area (Å²) in [7, 11) is 4.48. The zero-order valence-electron chi connectivity index (χ0n) is 16.4. The van der Waals surface area contributed by atoms with E-state index in [1.807, 2.05) is 13.0 Å². The molecule has 3 rings (SSSR count). The van der Waals surface area contributed by atoms with Gasteiger partial charge in [0.25, 0.3) is 5.56 Å². The Labute approximate surface area is 177 Å². The van der Waals surface area contributed by atoms with Crippen LogP contribution in [-0.4, -0.2) is 36.6 Å². The molecule has 0 aliphatic carbocycles. The van der Waals surface area contributed by atoms with Crippen LogP contribution in [0.25, 0.3) is 16.6 Å². The molecule has 0 unspecified atom stereocenters. The average Bonchev–Trinajstić information content (AvgIpc) is 2.72. The summed E-state index contributed by atoms with van der Waals surface area (Å²) in [5, 5.41) is 1.26. The fraction of sp³-hybridized carbons (Fsp3) is 0.238. The van der Waals surface area contributed by atoms with E-state index in [2.05, 4.69) is 5.92 Å². The number of fused-ring (bicyclic) bond motifs is 1. The predicted molar refractivity (Wildman–Crippen MR) is 116 cm³/mol. The topological polar surface area (TPSA) is 62.6 Å². The van der Waals surface area contributed by atoms with E-state index in [1.165, 1.54) is 37.7 Å². The molecular weight excluding hydrogens is 412 g/mol. The maximum atomic E-state index is 13.6. The highest BCUT2D eigenvalue weighted by molar-refractivity contribution is 7.99. The van der Waals surface area contributed by atoms with Crippen molar-refractivity contribution >= 4 is 34.3 Å². The van der Waals surface area contributed by atoms with Crippen molar-refractivity contribution in [2.24, 2.45) is 0 Å². The largest absolute Gasteiger partial charge is 0.493 e. The van der Waals surface area contributed by atoms with Crippen LogP contribution in [0.2, 0.25) is 5.02 Å². The van der Waals surface area contributed by atoms with Gasteiger partial charge in [0.2, 0.25) is 5.75 Å². The van der Waals surface area contributed by atoms with Gasteiger partial charge in [0, 0.05) is 5.02 Å². The van der Waals surface area contributed by atoms with Gasteiger partial charge in [-0.3, -0.25) is 9.36 Å². The van der Waals surface area contributed by atoms with Gasteiger partial charge >= 0.3 is 0 Å². The summed E-state index contributed by atoms with van der Waals surface area (Å²) in [6.45, 7) is 1.90. The van der Waals surface area contributed by atoms with Gasteiger partial charge < -0.3 is 14.2 Å². The minimum absolute atomic E-state index is 0.292. The van der Waals surface area contributed by atoms with Gasteiger partial charge in [-0.05, 0) is 30.7 Å². The van der Waals surface area contributed by atoms with Crippen molar-refractivity contribution in [1.82, 2.24) is 9.55 Å². The molecule has 1 aromatic heterocycles. The van der Waals surface area contributed by atoms with Crippen molar-refractivity contribution in [2.45, 2.75) is 12.1 Å². The molecule has 29 heavy (non-hydrogen) atoms. The molecule has 0 fully saturated rings. The number of hydrogen-bond donors (Lipinski definition) is 0. The zero-order valence-corrected chi connectivity index (χ0v) is 18.0. The summed E-state index contributed by atoms with van der Waals surface area (Å²) >= 11 is 7.47. The van der Waals surface area contributed by atoms with Gasteiger partial charge in [-0.25, -0.2) is 4.98 Å². The molecule has 150 valence electrons. The van der Waals surface area contributed by atoms with Crippen molar-refractivity contribution < 1.29 is 14.2 Å². The van der Waals surface area contributed by atoms with Crippen LogP contribution < -0.4 is 19.8 Å². The van der Waals surface area contributed by atoms with E-state index in [9.17, 15) is 4.79 Å². The summed E-state index contributed by atoms with van der Waals surface area (Å²) < 4.78 is 17.8. The lowest BCUT2D eigenvalue weighted by Crippen LogP contribution is -2.23. The van der Waals surface area contributed by atoms with E-state index in [4.69, 9.17) is 37.2 Å². The van der Waals surface area contributed by atoms with Gasteiger partial charge in [0.05, 0.1) is 38.2 Å². The first kappa shape index (κ1) is 20.9. The highest BCUT2D eigenvalue weighted by Crippen LogP contribution is 2.42. The molecule has 1 heterocycles. The minimum Gasteiger partial charge on any atom is -0.493 e. The third kappa shape index (κ3) is 3.74. The number of aryl methyl sites for hydroxylation is 1. The third-order valence-electron chi connectivity index (χ3n) is 4.33. The third-order valence-corrected chi connectivity index (χ3v) is 5.41. The van der Waals surface area contributed by atoms with Crippen LogP contribution >= 0.6 is 23.4 Å². The molecule has 0 N–H and O–H groups in total. The number of nitrogens with zero attached hydrogens (tertiary/aromatic N) is 2. The molecule has 0 radical (unpaired) electrons. The Kier molecular flexibility index (Phi) is 6.26. The lowest BCUT2D eigenvalue weighted by atomic mass is 10.1. The lowest BCUT2D eigenvalue weighted by Gasteiger charge is -2.18. The number of terminal acetylenes is 1. The van der Waals surface area contributed by atoms with Crippen LogP contribution in [0.4, 0.5) is 0 Å². The number of thioether (sulfide) groups is 1. The maximum Gasteiger partial charge on any atom is 0.266 e. The van der Waals surface area contributed by atoms with Crippen LogP contribution in [0.3, 0.4) is 0 Å². The molecule has 8 heteroatoms. The normalized spacial score (nSPS) is 10.6. The fourth-order valence-electron chi connectivity index (χ4n) is 3.01. The fourth-order valence-corrected chi connectivity index (χ4v) is 3.85. The Hall–Kier alpha value is -2.82. The first-order valence-corrected chi connectivity index (χ1v) is 9.91. The first-order valence-electron chi connectivity index (χ1n) is 8.55. The van der Waals surface area contributed by atoms with Crippen LogP contribution in [0.1, 0.15) is 5.56 Å². The molecular formula is C21H19ClN2O4S. The van der Waals surface area contributed by atoms with Crippen LogP contribution in [0.15, 0.2) is 34.2 Å². The summed E-state index contributed by atoms with van der Waals surface area (Å²) in [6, 6.07) is 6.94. The van der Waals surface area contributed by atoms with E-state index in [0.29, 0.717) is 49.8 Å². The van der Waals surface area contributed by atoms with Crippen LogP contribution in [0, 0.1) is 19.3 Å². The molecule has 0 atom stereocenters. The Bertz CT molecular complexity index is 1180. The smallest absolute Gasteiger partial charge is 0.266 e. The Balaban J connectivity index is 2.48. The molecule has 0 aliphatic heterocycles. The van der Waals surface area contributed by atoms with Gasteiger partial charge in [-0.15, -0.1) is 6.42 Å². The van der Waals surface area contributed by atoms with Gasteiger partial charge in [0.15, 0.2) is 16.7 Å². The second-order valence-electron chi connectivity index (χ2n) is 6.00. The molecule has 0 aliphatic rings. The second-order valence-corrected chi connectivity index (χ2v) is 7.38. The minimum atomic E-state index is -0.292. The molecule has 0 saturated carbocycles. The van der Waals surface area contributed by atoms with Gasteiger partial charge in [0.1, 0.15) is 5.52 Å². The van der Waals surface area contributed by atoms with Crippen molar-refractivity contribution in [2.75, 3.05) is 27.1 Å². The van der Waals surface area contributed by atoms with E-state index >= 15 is 0 Å². The highest BCUT2D eigenvalue weighted by atomic mass is 35.5. The Morgan fingerprint density at radius 1 is 1.17 bits per heavy atom. The summed E-state index contributed by atoms with van der Waals surface area (Å²) in [5.74, 6) is 3.95. The molecule has 0 bridgehead atoms. The van der Waals surface area contributed by atoms with Gasteiger partial charge in [-0.1, -0.05) is 35.3 Å². The van der Waals surface area contributed by atoms with Crippen molar-refractivity contribution in [1.29, 1.82) is 0 Å². The molecule has 0 saturated heterocycles. The lowest BCUT2D eigenvalue weighted by molar-refractivity contribution is 0.326. The maximum absolute atomic E-state index is 13.6. The summed E-state index contributed by atoms with van der Waals surface area (Å²) in [5.41, 5.74) is 1.57. The number of halogens is 1. The predicted octanol–water partition coefficient (Wildman–Crippen LogP) is 4.10. The first-order chi connectivity index (χ1) is 14.0. The van der Waals surface area contributed by atoms with Crippen molar-refractivity contribution in [3.05, 3.63) is 45.2 Å². The zero-order chi connectivity index (χ0) is 21.1. The van der Waals surface area contributed by atoms with Gasteiger partial charge in [-0.2, -0.15) is 0 Å². The number of methoxy groups -OCH3 is 3. The summed E-state index contributed by atoms with van der Waals surface area (Å²) in [6.07, 6.45) is 5.44. The Morgan fingerprint density at radius 2 is 1.90 bits per heavy atom. The second kappa shape index (κ2) is 8.68. The van der Waals surface area contributed by atoms with E-state index < -0.39 is 0 Å². The molecule has 0 spiro atoms. The van der Waals surface area contributed by atoms with Crippen molar-refractivity contribution in [3.63, 3.8) is 0 Å². The van der Waals surface area contributed by atoms with Crippen LogP contribution in [0.5, 0.6) is 17.2 Å². The summed E-state index contributed by atoms with van der Waals surface area (Å²) in [4.78, 5) is 18.3. The SMILES string of the molecule is C#CCSc1nc2c(OC)c(OC)c(OC)cc2c(=O)n1-c1cc(Cl)ccc1C. The Morgan fingerprint density at radius 3 is 2.52 bits per heavy atom. The van der Waals surface area contributed by atoms with Crippen LogP contribution in [-0.2, 0) is 0 Å². The molecule has 2 aromatic carbocycles. The number of aromatic nitrogens is 2. The monoisotopic (exact) mass is 430 g/mol. The quantitative estimate of drug-likeness (QED) is 0.333. The highest BCUT2D eigenvalue weighted by Gasteiger charge is 2.23. The molecule has 0 amide bonds. The average molecular weight is 431 g/mol. The number of hydrogen-bond acceptors (Lipinski definition) is 6. The standard InChI is InChI=1S/C21H19ClN2O4S/c1-6-9-29-21-23-17-14(11-16(26-3)18(27-4)19(17)28-5)20(25)24(21)15-10-13(22)8-7-12(15)2/h1,7-8,10-11H,9H2,2-5H3. The van der Waals surface area contributed by atoms with E-state index in [-0.39, 0.29) is 5.56 Å².